The lowest BCUT2D eigenvalue weighted by atomic mass is 10.4. The highest BCUT2D eigenvalue weighted by Crippen LogP contribution is 1.84. The summed E-state index contributed by atoms with van der Waals surface area (Å²) in [6, 6.07) is 0. The first kappa shape index (κ1) is 7.92. The first-order valence-electron chi connectivity index (χ1n) is 2.73. The maximum Gasteiger partial charge on any atom is 0.299 e. The van der Waals surface area contributed by atoms with Gasteiger partial charge in [-0.1, -0.05) is 0 Å². The predicted octanol–water partition coefficient (Wildman–Crippen LogP) is -4.17. The third-order valence-electron chi connectivity index (χ3n) is 1.41. The van der Waals surface area contributed by atoms with Crippen molar-refractivity contribution in [3.8, 4) is 0 Å². The Kier molecular flexibility index (Phi) is 3.83. The van der Waals surface area contributed by atoms with E-state index in [0.717, 1.165) is 24.4 Å². The van der Waals surface area contributed by atoms with Gasteiger partial charge in [-0.15, -0.1) is 0 Å². The molecule has 0 aromatic carbocycles. The number of nitrogens with one attached hydrogen (secondary N) is 1. The van der Waals surface area contributed by atoms with Crippen molar-refractivity contribution in [3.05, 3.63) is 0 Å². The molecule has 0 atom stereocenters. The lowest BCUT2D eigenvalue weighted by Crippen LogP contribution is -3.08. The Bertz CT molecular complexity index is 70.8. The summed E-state index contributed by atoms with van der Waals surface area (Å²) >= 11 is 0. The number of hydrogen-bond acceptors (Lipinski definition) is 1. The van der Waals surface area contributed by atoms with Crippen molar-refractivity contribution in [1.29, 1.82) is 0 Å². The molecule has 48 valence electrons. The Morgan fingerprint density at radius 3 is 2.00 bits per heavy atom. The Morgan fingerprint density at radius 2 is 1.75 bits per heavy atom. The zero-order valence-electron chi connectivity index (χ0n) is 4.69. The van der Waals surface area contributed by atoms with Gasteiger partial charge in [0.25, 0.3) is 6.41 Å². The molecule has 0 bridgehead atoms. The summed E-state index contributed by atoms with van der Waals surface area (Å²) < 4.78 is 0. The van der Waals surface area contributed by atoms with E-state index >= 15 is 0 Å². The van der Waals surface area contributed by atoms with Crippen LogP contribution < -0.4 is 17.3 Å². The highest BCUT2D eigenvalue weighted by Gasteiger charge is 2.12. The van der Waals surface area contributed by atoms with Crippen LogP contribution in [0.15, 0.2) is 0 Å². The highest BCUT2D eigenvalue weighted by molar-refractivity contribution is 5.33. The molecule has 1 rings (SSSR count). The zero-order chi connectivity index (χ0) is 5.11. The topological polar surface area (TPSA) is 21.5 Å². The molecule has 3 heteroatoms. The van der Waals surface area contributed by atoms with Crippen molar-refractivity contribution >= 4 is 6.41 Å². The van der Waals surface area contributed by atoms with Gasteiger partial charge in [0.05, 0.1) is 13.1 Å². The van der Waals surface area contributed by atoms with Crippen molar-refractivity contribution in [3.63, 3.8) is 0 Å². The van der Waals surface area contributed by atoms with Crippen LogP contribution in [-0.4, -0.2) is 19.5 Å². The van der Waals surface area contributed by atoms with Crippen LogP contribution in [0.1, 0.15) is 12.8 Å². The number of halogens is 1. The van der Waals surface area contributed by atoms with Gasteiger partial charge in [-0.2, -0.15) is 0 Å². The van der Waals surface area contributed by atoms with Crippen LogP contribution in [0.5, 0.6) is 0 Å². The van der Waals surface area contributed by atoms with Crippen LogP contribution in [0, 0.1) is 0 Å². The summed E-state index contributed by atoms with van der Waals surface area (Å²) in [5.74, 6) is 0. The molecule has 1 N–H and O–H groups in total. The van der Waals surface area contributed by atoms with Gasteiger partial charge in [0.2, 0.25) is 0 Å². The van der Waals surface area contributed by atoms with Gasteiger partial charge in [-0.25, -0.2) is 4.79 Å². The van der Waals surface area contributed by atoms with E-state index in [4.69, 9.17) is 0 Å². The number of carbonyl (C=O) groups is 1. The predicted molar refractivity (Wildman–Crippen MR) is 26.0 cm³/mol. The van der Waals surface area contributed by atoms with Crippen molar-refractivity contribution in [2.75, 3.05) is 13.1 Å². The average Bonchev–Trinajstić information content (AvgIpc) is 2.14. The summed E-state index contributed by atoms with van der Waals surface area (Å²) in [6.07, 6.45) is 3.47. The van der Waals surface area contributed by atoms with E-state index < -0.39 is 0 Å². The minimum Gasteiger partial charge on any atom is -1.00 e. The van der Waals surface area contributed by atoms with Gasteiger partial charge in [0.1, 0.15) is 0 Å². The SMILES string of the molecule is O=C[NH+]1CCCC1.[Cl-]. The van der Waals surface area contributed by atoms with Gasteiger partial charge < -0.3 is 12.4 Å². The molecule has 1 aliphatic rings. The largest absolute Gasteiger partial charge is 1.00 e. The normalized spacial score (nSPS) is 20.0. The van der Waals surface area contributed by atoms with Gasteiger partial charge in [0, 0.05) is 12.8 Å². The van der Waals surface area contributed by atoms with Crippen LogP contribution in [0.25, 0.3) is 0 Å². The fraction of sp³-hybridized carbons (Fsp3) is 0.800. The molecule has 0 unspecified atom stereocenters. The average molecular weight is 136 g/mol. The molecule has 0 aromatic heterocycles. The van der Waals surface area contributed by atoms with E-state index in [1.54, 1.807) is 0 Å². The zero-order valence-corrected chi connectivity index (χ0v) is 5.45. The first-order valence-corrected chi connectivity index (χ1v) is 2.73. The smallest absolute Gasteiger partial charge is 0.299 e. The molecule has 0 aromatic rings. The summed E-state index contributed by atoms with van der Waals surface area (Å²) in [5.41, 5.74) is 0. The molecule has 0 aliphatic carbocycles. The number of hydrogen-bond donors (Lipinski definition) is 1. The van der Waals surface area contributed by atoms with E-state index in [1.165, 1.54) is 12.8 Å². The maximum atomic E-state index is 9.97. The molecule has 1 saturated heterocycles. The molecular weight excluding hydrogens is 126 g/mol. The lowest BCUT2D eigenvalue weighted by molar-refractivity contribution is -0.796. The van der Waals surface area contributed by atoms with Gasteiger partial charge >= 0.3 is 0 Å². The van der Waals surface area contributed by atoms with Crippen LogP contribution in [-0.2, 0) is 4.79 Å². The summed E-state index contributed by atoms with van der Waals surface area (Å²) in [5, 5.41) is 0. The third-order valence-corrected chi connectivity index (χ3v) is 1.41. The van der Waals surface area contributed by atoms with Crippen LogP contribution in [0.3, 0.4) is 0 Å². The second kappa shape index (κ2) is 3.87. The number of rotatable bonds is 1. The minimum atomic E-state index is 0. The fourth-order valence-electron chi connectivity index (χ4n) is 0.947. The number of carbonyl (C=O) groups excluding carboxylic acids is 1. The van der Waals surface area contributed by atoms with Crippen LogP contribution in [0.2, 0.25) is 0 Å². The van der Waals surface area contributed by atoms with Crippen molar-refractivity contribution in [2.24, 2.45) is 0 Å². The van der Waals surface area contributed by atoms with E-state index in [9.17, 15) is 4.79 Å². The lowest BCUT2D eigenvalue weighted by Gasteiger charge is -1.96. The second-order valence-corrected chi connectivity index (χ2v) is 1.98. The minimum absolute atomic E-state index is 0. The Morgan fingerprint density at radius 1 is 1.25 bits per heavy atom. The Balaban J connectivity index is 0.000000490. The molecule has 2 nitrogen and oxygen atoms in total. The van der Waals surface area contributed by atoms with E-state index in [0.29, 0.717) is 0 Å². The molecule has 1 fully saturated rings. The van der Waals surface area contributed by atoms with Gasteiger partial charge in [-0.3, -0.25) is 4.90 Å². The second-order valence-electron chi connectivity index (χ2n) is 1.98. The van der Waals surface area contributed by atoms with Crippen molar-refractivity contribution in [1.82, 2.24) is 0 Å². The standard InChI is InChI=1S/C5H9NO.ClH/c7-5-6-3-1-2-4-6;/h5H,1-4H2;1H. The number of amides is 1. The van der Waals surface area contributed by atoms with Crippen molar-refractivity contribution in [2.45, 2.75) is 12.8 Å². The molecular formula is C5H10ClNO. The summed E-state index contributed by atoms with van der Waals surface area (Å²) in [4.78, 5) is 11.1. The quantitative estimate of drug-likeness (QED) is 0.362. The molecule has 8 heavy (non-hydrogen) atoms. The number of likely N-dealkylation sites (tertiary alicyclic amines) is 1. The molecule has 0 radical (unpaired) electrons. The molecule has 0 saturated carbocycles. The van der Waals surface area contributed by atoms with Gasteiger partial charge in [0.15, 0.2) is 0 Å². The monoisotopic (exact) mass is 135 g/mol. The van der Waals surface area contributed by atoms with E-state index in [2.05, 4.69) is 0 Å². The molecule has 0 spiro atoms. The Hall–Kier alpha value is -0.0800. The number of quaternary nitrogens is 1. The Labute approximate surface area is 55.3 Å². The van der Waals surface area contributed by atoms with E-state index in [1.807, 2.05) is 0 Å². The van der Waals surface area contributed by atoms with Gasteiger partial charge in [-0.05, 0) is 0 Å². The third kappa shape index (κ3) is 1.80. The molecule has 1 heterocycles. The van der Waals surface area contributed by atoms with Crippen LogP contribution in [0.4, 0.5) is 0 Å². The summed E-state index contributed by atoms with van der Waals surface area (Å²) in [6.45, 7) is 2.12. The van der Waals surface area contributed by atoms with Crippen LogP contribution >= 0.6 is 0 Å². The summed E-state index contributed by atoms with van der Waals surface area (Å²) in [7, 11) is 0. The fourth-order valence-corrected chi connectivity index (χ4v) is 0.947. The van der Waals surface area contributed by atoms with E-state index in [-0.39, 0.29) is 12.4 Å². The highest BCUT2D eigenvalue weighted by atomic mass is 35.5. The molecule has 1 aliphatic heterocycles. The first-order chi connectivity index (χ1) is 3.43. The maximum absolute atomic E-state index is 9.97. The van der Waals surface area contributed by atoms with Crippen molar-refractivity contribution < 1.29 is 22.1 Å². The molecule has 1 amide bonds.